The highest BCUT2D eigenvalue weighted by atomic mass is 15.4. The van der Waals surface area contributed by atoms with Crippen molar-refractivity contribution in [3.63, 3.8) is 0 Å². The van der Waals surface area contributed by atoms with Gasteiger partial charge in [-0.3, -0.25) is 0 Å². The van der Waals surface area contributed by atoms with E-state index in [2.05, 4.69) is 20.9 Å². The van der Waals surface area contributed by atoms with Gasteiger partial charge in [0.15, 0.2) is 0 Å². The van der Waals surface area contributed by atoms with Crippen molar-refractivity contribution >= 4 is 0 Å². The molecule has 0 amide bonds. The summed E-state index contributed by atoms with van der Waals surface area (Å²) in [5, 5.41) is 0. The summed E-state index contributed by atoms with van der Waals surface area (Å²) >= 11 is 0. The quantitative estimate of drug-likeness (QED) is 0.550. The fourth-order valence-electron chi connectivity index (χ4n) is 2.63. The summed E-state index contributed by atoms with van der Waals surface area (Å²) in [5.41, 5.74) is 0. The van der Waals surface area contributed by atoms with Crippen LogP contribution in [0, 0.1) is 0 Å². The molecule has 1 heterocycles. The van der Waals surface area contributed by atoms with Crippen LogP contribution in [0.4, 0.5) is 0 Å². The van der Waals surface area contributed by atoms with E-state index < -0.39 is 0 Å². The molecule has 1 rings (SSSR count). The molecule has 0 aromatic heterocycles. The third kappa shape index (κ3) is 1.76. The maximum Gasteiger partial charge on any atom is 0.0887 e. The van der Waals surface area contributed by atoms with Gasteiger partial charge in [-0.05, 0) is 12.8 Å². The van der Waals surface area contributed by atoms with Gasteiger partial charge in [0, 0.05) is 12.8 Å². The predicted molar refractivity (Wildman–Crippen MR) is 49.5 cm³/mol. The largest absolute Gasteiger partial charge is 0.324 e. The van der Waals surface area contributed by atoms with E-state index in [1.807, 2.05) is 0 Å². The molecule has 11 heavy (non-hydrogen) atoms. The van der Waals surface area contributed by atoms with E-state index in [1.165, 1.54) is 43.3 Å². The van der Waals surface area contributed by atoms with E-state index >= 15 is 0 Å². The molecule has 0 aliphatic carbocycles. The number of rotatable bonds is 3. The van der Waals surface area contributed by atoms with Crippen molar-refractivity contribution in [3.05, 3.63) is 0 Å². The average molecular weight is 156 g/mol. The molecule has 1 nitrogen and oxygen atoms in total. The summed E-state index contributed by atoms with van der Waals surface area (Å²) in [6.45, 7) is 7.45. The van der Waals surface area contributed by atoms with Crippen molar-refractivity contribution in [1.29, 1.82) is 0 Å². The molecule has 1 heteroatoms. The Bertz CT molecular complexity index is 122. The van der Waals surface area contributed by atoms with E-state index in [4.69, 9.17) is 0 Å². The molecule has 0 aromatic carbocycles. The lowest BCUT2D eigenvalue weighted by molar-refractivity contribution is -0.921. The maximum atomic E-state index is 2.44. The Kier molecular flexibility index (Phi) is 2.94. The van der Waals surface area contributed by atoms with Gasteiger partial charge in [0.2, 0.25) is 0 Å². The highest BCUT2D eigenvalue weighted by Gasteiger charge is 2.35. The first kappa shape index (κ1) is 9.05. The third-order valence-corrected chi connectivity index (χ3v) is 3.29. The van der Waals surface area contributed by atoms with Crippen LogP contribution in [0.1, 0.15) is 39.5 Å². The van der Waals surface area contributed by atoms with E-state index in [1.54, 1.807) is 0 Å². The highest BCUT2D eigenvalue weighted by molar-refractivity contribution is 4.64. The Labute approximate surface area is 71.0 Å². The lowest BCUT2D eigenvalue weighted by Gasteiger charge is -2.35. The zero-order valence-corrected chi connectivity index (χ0v) is 8.27. The molecule has 2 atom stereocenters. The summed E-state index contributed by atoms with van der Waals surface area (Å²) in [6, 6.07) is 0.968. The summed E-state index contributed by atoms with van der Waals surface area (Å²) in [5.74, 6) is 0. The Hall–Kier alpha value is -0.0400. The van der Waals surface area contributed by atoms with Crippen LogP contribution in [0.5, 0.6) is 0 Å². The van der Waals surface area contributed by atoms with Crippen LogP contribution < -0.4 is 0 Å². The predicted octanol–water partition coefficient (Wildman–Crippen LogP) is 2.42. The van der Waals surface area contributed by atoms with Gasteiger partial charge >= 0.3 is 0 Å². The molecule has 1 fully saturated rings. The van der Waals surface area contributed by atoms with Crippen LogP contribution in [0.15, 0.2) is 0 Å². The maximum absolute atomic E-state index is 2.44. The van der Waals surface area contributed by atoms with Gasteiger partial charge in [-0.2, -0.15) is 0 Å². The van der Waals surface area contributed by atoms with Crippen molar-refractivity contribution in [2.75, 3.05) is 20.1 Å². The van der Waals surface area contributed by atoms with Gasteiger partial charge in [0.1, 0.15) is 0 Å². The van der Waals surface area contributed by atoms with Crippen LogP contribution in [-0.2, 0) is 0 Å². The van der Waals surface area contributed by atoms with Gasteiger partial charge in [-0.1, -0.05) is 13.8 Å². The lowest BCUT2D eigenvalue weighted by Crippen LogP contribution is -2.48. The van der Waals surface area contributed by atoms with Crippen LogP contribution >= 0.6 is 0 Å². The fraction of sp³-hybridized carbons (Fsp3) is 1.00. The molecule has 1 saturated heterocycles. The van der Waals surface area contributed by atoms with Crippen LogP contribution in [-0.4, -0.2) is 30.7 Å². The number of hydrogen-bond acceptors (Lipinski definition) is 0. The minimum Gasteiger partial charge on any atom is -0.324 e. The molecule has 0 radical (unpaired) electrons. The molecular weight excluding hydrogens is 134 g/mol. The zero-order valence-electron chi connectivity index (χ0n) is 8.27. The summed E-state index contributed by atoms with van der Waals surface area (Å²) in [4.78, 5) is 0. The number of likely N-dealkylation sites (tertiary alicyclic amines) is 1. The highest BCUT2D eigenvalue weighted by Crippen LogP contribution is 2.26. The van der Waals surface area contributed by atoms with Crippen molar-refractivity contribution in [3.8, 4) is 0 Å². The lowest BCUT2D eigenvalue weighted by atomic mass is 10.1. The van der Waals surface area contributed by atoms with E-state index in [0.717, 1.165) is 6.04 Å². The Morgan fingerprint density at radius 1 is 1.36 bits per heavy atom. The van der Waals surface area contributed by atoms with Gasteiger partial charge < -0.3 is 4.48 Å². The average Bonchev–Trinajstić information content (AvgIpc) is 2.31. The molecule has 0 aromatic rings. The van der Waals surface area contributed by atoms with Crippen LogP contribution in [0.3, 0.4) is 0 Å². The topological polar surface area (TPSA) is 0 Å². The standard InChI is InChI=1S/C10H22N/c1-4-8-11(3)9-6-7-10(11)5-2/h10H,4-9H2,1-3H3/q+1. The van der Waals surface area contributed by atoms with E-state index in [0.29, 0.717) is 0 Å². The molecule has 0 N–H and O–H groups in total. The zero-order chi connectivity index (χ0) is 8.32. The molecule has 66 valence electrons. The van der Waals surface area contributed by atoms with Crippen molar-refractivity contribution in [2.45, 2.75) is 45.6 Å². The number of quaternary nitrogens is 1. The second-order valence-electron chi connectivity index (χ2n) is 4.13. The van der Waals surface area contributed by atoms with Crippen molar-refractivity contribution in [1.82, 2.24) is 0 Å². The van der Waals surface area contributed by atoms with Crippen molar-refractivity contribution in [2.24, 2.45) is 0 Å². The summed E-state index contributed by atoms with van der Waals surface area (Å²) in [6.07, 6.45) is 5.63. The Morgan fingerprint density at radius 3 is 2.64 bits per heavy atom. The third-order valence-electron chi connectivity index (χ3n) is 3.29. The van der Waals surface area contributed by atoms with Gasteiger partial charge in [-0.15, -0.1) is 0 Å². The normalized spacial score (nSPS) is 37.9. The number of hydrogen-bond donors (Lipinski definition) is 0. The van der Waals surface area contributed by atoms with Crippen molar-refractivity contribution < 1.29 is 4.48 Å². The van der Waals surface area contributed by atoms with Crippen LogP contribution in [0.25, 0.3) is 0 Å². The minimum atomic E-state index is 0.968. The Morgan fingerprint density at radius 2 is 2.09 bits per heavy atom. The van der Waals surface area contributed by atoms with E-state index in [9.17, 15) is 0 Å². The number of nitrogens with zero attached hydrogens (tertiary/aromatic N) is 1. The monoisotopic (exact) mass is 156 g/mol. The minimum absolute atomic E-state index is 0.968. The second-order valence-corrected chi connectivity index (χ2v) is 4.13. The molecule has 0 saturated carbocycles. The van der Waals surface area contributed by atoms with Gasteiger partial charge in [0.05, 0.1) is 26.2 Å². The first-order chi connectivity index (χ1) is 5.23. The molecule has 0 spiro atoms. The summed E-state index contributed by atoms with van der Waals surface area (Å²) < 4.78 is 1.35. The molecule has 2 unspecified atom stereocenters. The molecular formula is C10H22N+. The van der Waals surface area contributed by atoms with Gasteiger partial charge in [0.25, 0.3) is 0 Å². The molecule has 0 bridgehead atoms. The Balaban J connectivity index is 2.51. The molecule has 1 aliphatic rings. The SMILES string of the molecule is CCC[N+]1(C)CCCC1CC. The smallest absolute Gasteiger partial charge is 0.0887 e. The van der Waals surface area contributed by atoms with Crippen LogP contribution in [0.2, 0.25) is 0 Å². The van der Waals surface area contributed by atoms with E-state index in [-0.39, 0.29) is 0 Å². The summed E-state index contributed by atoms with van der Waals surface area (Å²) in [7, 11) is 2.44. The molecule has 1 aliphatic heterocycles. The first-order valence-electron chi connectivity index (χ1n) is 5.07. The second kappa shape index (κ2) is 3.57. The first-order valence-corrected chi connectivity index (χ1v) is 5.07. The fourth-order valence-corrected chi connectivity index (χ4v) is 2.63. The van der Waals surface area contributed by atoms with Gasteiger partial charge in [-0.25, -0.2) is 0 Å².